The van der Waals surface area contributed by atoms with E-state index in [1.165, 1.54) is 11.8 Å². The minimum Gasteiger partial charge on any atom is -0.302 e. The van der Waals surface area contributed by atoms with Crippen LogP contribution in [0.25, 0.3) is 11.4 Å². The van der Waals surface area contributed by atoms with Gasteiger partial charge in [0.15, 0.2) is 11.0 Å². The first-order chi connectivity index (χ1) is 15.2. The molecule has 31 heavy (non-hydrogen) atoms. The van der Waals surface area contributed by atoms with Gasteiger partial charge in [0.05, 0.1) is 5.75 Å². The molecule has 7 heteroatoms. The number of carbonyl (C=O) groups is 1. The van der Waals surface area contributed by atoms with Crippen molar-refractivity contribution in [3.63, 3.8) is 0 Å². The zero-order valence-corrected chi connectivity index (χ0v) is 18.6. The molecule has 0 atom stereocenters. The standard InChI is InChI=1S/C24H21ClN4OS/c1-2-28-23(18-13-15-19(25)16-14-18)26-27-24(28)31-17-22(30)29(20-9-5-3-6-10-20)21-11-7-4-8-12-21/h3-16H,2,17H2,1H3. The highest BCUT2D eigenvalue weighted by atomic mass is 35.5. The SMILES string of the molecule is CCn1c(SCC(=O)N(c2ccccc2)c2ccccc2)nnc1-c1ccc(Cl)cc1. The molecule has 1 aromatic heterocycles. The summed E-state index contributed by atoms with van der Waals surface area (Å²) in [6, 6.07) is 26.8. The van der Waals surface area contributed by atoms with Gasteiger partial charge in [-0.15, -0.1) is 10.2 Å². The topological polar surface area (TPSA) is 51.0 Å². The van der Waals surface area contributed by atoms with Crippen LogP contribution in [0.4, 0.5) is 11.4 Å². The maximum atomic E-state index is 13.3. The summed E-state index contributed by atoms with van der Waals surface area (Å²) < 4.78 is 2.01. The van der Waals surface area contributed by atoms with Crippen LogP contribution in [0.15, 0.2) is 90.1 Å². The molecule has 0 fully saturated rings. The molecule has 0 aliphatic heterocycles. The number of nitrogens with zero attached hydrogens (tertiary/aromatic N) is 4. The van der Waals surface area contributed by atoms with E-state index in [4.69, 9.17) is 11.6 Å². The molecule has 5 nitrogen and oxygen atoms in total. The number of benzene rings is 3. The first kappa shape index (κ1) is 21.2. The van der Waals surface area contributed by atoms with Crippen molar-refractivity contribution in [2.45, 2.75) is 18.6 Å². The van der Waals surface area contributed by atoms with Gasteiger partial charge in [0, 0.05) is 28.5 Å². The van der Waals surface area contributed by atoms with Crippen molar-refractivity contribution < 1.29 is 4.79 Å². The summed E-state index contributed by atoms with van der Waals surface area (Å²) >= 11 is 7.39. The fraction of sp³-hybridized carbons (Fsp3) is 0.125. The Morgan fingerprint density at radius 2 is 1.48 bits per heavy atom. The number of para-hydroxylation sites is 2. The van der Waals surface area contributed by atoms with E-state index >= 15 is 0 Å². The first-order valence-electron chi connectivity index (χ1n) is 9.92. The molecule has 0 radical (unpaired) electrons. The van der Waals surface area contributed by atoms with E-state index in [1.807, 2.05) is 96.4 Å². The monoisotopic (exact) mass is 448 g/mol. The van der Waals surface area contributed by atoms with E-state index in [-0.39, 0.29) is 11.7 Å². The third-order valence-corrected chi connectivity index (χ3v) is 5.94. The summed E-state index contributed by atoms with van der Waals surface area (Å²) in [6.45, 7) is 2.73. The lowest BCUT2D eigenvalue weighted by atomic mass is 10.2. The van der Waals surface area contributed by atoms with Crippen LogP contribution in [0.3, 0.4) is 0 Å². The van der Waals surface area contributed by atoms with Gasteiger partial charge in [-0.25, -0.2) is 0 Å². The molecule has 0 unspecified atom stereocenters. The molecule has 1 heterocycles. The van der Waals surface area contributed by atoms with E-state index in [1.54, 1.807) is 4.90 Å². The molecule has 0 N–H and O–H groups in total. The van der Waals surface area contributed by atoms with Crippen molar-refractivity contribution in [3.8, 4) is 11.4 Å². The molecule has 0 aliphatic rings. The van der Waals surface area contributed by atoms with Gasteiger partial charge in [-0.1, -0.05) is 59.8 Å². The number of anilines is 2. The highest BCUT2D eigenvalue weighted by Crippen LogP contribution is 2.29. The van der Waals surface area contributed by atoms with Gasteiger partial charge in [-0.2, -0.15) is 0 Å². The maximum absolute atomic E-state index is 13.3. The van der Waals surface area contributed by atoms with Gasteiger partial charge in [0.1, 0.15) is 0 Å². The van der Waals surface area contributed by atoms with Crippen molar-refractivity contribution in [3.05, 3.63) is 90.0 Å². The molecular formula is C24H21ClN4OS. The van der Waals surface area contributed by atoms with Crippen LogP contribution in [0.1, 0.15) is 6.92 Å². The first-order valence-corrected chi connectivity index (χ1v) is 11.3. The van der Waals surface area contributed by atoms with Crippen LogP contribution in [0, 0.1) is 0 Å². The fourth-order valence-corrected chi connectivity index (χ4v) is 4.25. The molecule has 0 saturated carbocycles. The number of halogens is 1. The second-order valence-corrected chi connectivity index (χ2v) is 8.13. The van der Waals surface area contributed by atoms with Crippen LogP contribution < -0.4 is 4.90 Å². The molecule has 1 amide bonds. The predicted octanol–water partition coefficient (Wildman–Crippen LogP) is 6.08. The highest BCUT2D eigenvalue weighted by Gasteiger charge is 2.20. The number of hydrogen-bond acceptors (Lipinski definition) is 4. The fourth-order valence-electron chi connectivity index (χ4n) is 3.28. The van der Waals surface area contributed by atoms with Crippen LogP contribution in [-0.2, 0) is 11.3 Å². The Balaban J connectivity index is 1.56. The third kappa shape index (κ3) is 4.81. The molecule has 4 aromatic rings. The van der Waals surface area contributed by atoms with Crippen LogP contribution in [0.5, 0.6) is 0 Å². The second-order valence-electron chi connectivity index (χ2n) is 6.75. The summed E-state index contributed by atoms with van der Waals surface area (Å²) in [5.74, 6) is 0.973. The Kier molecular flexibility index (Phi) is 6.70. The number of carbonyl (C=O) groups excluding carboxylic acids is 1. The summed E-state index contributed by atoms with van der Waals surface area (Å²) in [4.78, 5) is 15.0. The number of amides is 1. The molecular weight excluding hydrogens is 428 g/mol. The Labute approximate surface area is 190 Å². The van der Waals surface area contributed by atoms with Crippen LogP contribution >= 0.6 is 23.4 Å². The van der Waals surface area contributed by atoms with Crippen LogP contribution in [0.2, 0.25) is 5.02 Å². The molecule has 156 valence electrons. The van der Waals surface area contributed by atoms with E-state index in [2.05, 4.69) is 10.2 Å². The normalized spacial score (nSPS) is 10.8. The van der Waals surface area contributed by atoms with Crippen molar-refractivity contribution in [1.82, 2.24) is 14.8 Å². The second kappa shape index (κ2) is 9.81. The average molecular weight is 449 g/mol. The summed E-state index contributed by atoms with van der Waals surface area (Å²) in [5.41, 5.74) is 2.60. The van der Waals surface area contributed by atoms with E-state index in [0.717, 1.165) is 22.8 Å². The minimum atomic E-state index is -0.0268. The maximum Gasteiger partial charge on any atom is 0.242 e. The lowest BCUT2D eigenvalue weighted by Crippen LogP contribution is -2.27. The largest absolute Gasteiger partial charge is 0.302 e. The summed E-state index contributed by atoms with van der Waals surface area (Å²) in [6.07, 6.45) is 0. The van der Waals surface area contributed by atoms with E-state index in [9.17, 15) is 4.79 Å². The van der Waals surface area contributed by atoms with Gasteiger partial charge in [-0.05, 0) is 55.5 Å². The quantitative estimate of drug-likeness (QED) is 0.322. The number of hydrogen-bond donors (Lipinski definition) is 0. The van der Waals surface area contributed by atoms with Gasteiger partial charge in [-0.3, -0.25) is 9.69 Å². The van der Waals surface area contributed by atoms with Crippen molar-refractivity contribution in [2.24, 2.45) is 0 Å². The molecule has 4 rings (SSSR count). The van der Waals surface area contributed by atoms with Crippen molar-refractivity contribution in [2.75, 3.05) is 10.7 Å². The van der Waals surface area contributed by atoms with Crippen LogP contribution in [-0.4, -0.2) is 26.4 Å². The van der Waals surface area contributed by atoms with Gasteiger partial charge in [0.25, 0.3) is 0 Å². The molecule has 0 aliphatic carbocycles. The predicted molar refractivity (Wildman–Crippen MR) is 127 cm³/mol. The lowest BCUT2D eigenvalue weighted by Gasteiger charge is -2.23. The van der Waals surface area contributed by atoms with E-state index < -0.39 is 0 Å². The van der Waals surface area contributed by atoms with Crippen molar-refractivity contribution in [1.29, 1.82) is 0 Å². The Morgan fingerprint density at radius 3 is 2.03 bits per heavy atom. The highest BCUT2D eigenvalue weighted by molar-refractivity contribution is 7.99. The zero-order chi connectivity index (χ0) is 21.6. The van der Waals surface area contributed by atoms with Crippen molar-refractivity contribution >= 4 is 40.6 Å². The average Bonchev–Trinajstić information content (AvgIpc) is 3.23. The number of aromatic nitrogens is 3. The molecule has 0 bridgehead atoms. The zero-order valence-electron chi connectivity index (χ0n) is 17.0. The minimum absolute atomic E-state index is 0.0268. The Morgan fingerprint density at radius 1 is 0.903 bits per heavy atom. The van der Waals surface area contributed by atoms with Gasteiger partial charge < -0.3 is 4.57 Å². The summed E-state index contributed by atoms with van der Waals surface area (Å²) in [7, 11) is 0. The number of rotatable bonds is 7. The smallest absolute Gasteiger partial charge is 0.242 e. The third-order valence-electron chi connectivity index (χ3n) is 4.74. The Bertz CT molecular complexity index is 1110. The Hall–Kier alpha value is -3.09. The van der Waals surface area contributed by atoms with Gasteiger partial charge in [0.2, 0.25) is 5.91 Å². The van der Waals surface area contributed by atoms with Gasteiger partial charge >= 0.3 is 0 Å². The lowest BCUT2D eigenvalue weighted by molar-refractivity contribution is -0.115. The number of thioether (sulfide) groups is 1. The van der Waals surface area contributed by atoms with E-state index in [0.29, 0.717) is 16.7 Å². The molecule has 0 saturated heterocycles. The summed E-state index contributed by atoms with van der Waals surface area (Å²) in [5, 5.41) is 10.1. The molecule has 3 aromatic carbocycles. The molecule has 0 spiro atoms.